The van der Waals surface area contributed by atoms with Crippen LogP contribution in [0, 0.1) is 0 Å². The Morgan fingerprint density at radius 3 is 2.39 bits per heavy atom. The van der Waals surface area contributed by atoms with Crippen LogP contribution in [0.3, 0.4) is 0 Å². The predicted octanol–water partition coefficient (Wildman–Crippen LogP) is 2.35. The highest BCUT2D eigenvalue weighted by molar-refractivity contribution is 5.88. The summed E-state index contributed by atoms with van der Waals surface area (Å²) in [4.78, 5) is 11.0. The second-order valence-corrected chi connectivity index (χ2v) is 3.61. The van der Waals surface area contributed by atoms with Gasteiger partial charge in [-0.05, 0) is 24.3 Å². The van der Waals surface area contributed by atoms with E-state index in [-0.39, 0.29) is 5.56 Å². The molecule has 0 radical (unpaired) electrons. The average molecular weight is 245 g/mol. The van der Waals surface area contributed by atoms with Gasteiger partial charge in [-0.2, -0.15) is 0 Å². The highest BCUT2D eigenvalue weighted by atomic mass is 16.5. The molecule has 0 unspecified atom stereocenters. The third-order valence-corrected chi connectivity index (χ3v) is 2.40. The van der Waals surface area contributed by atoms with E-state index in [0.717, 1.165) is 0 Å². The van der Waals surface area contributed by atoms with Gasteiger partial charge in [0.15, 0.2) is 11.5 Å². The van der Waals surface area contributed by atoms with Gasteiger partial charge in [-0.15, -0.1) is 0 Å². The summed E-state index contributed by atoms with van der Waals surface area (Å²) in [7, 11) is 1.49. The van der Waals surface area contributed by atoms with Gasteiger partial charge in [0.05, 0.1) is 7.11 Å². The van der Waals surface area contributed by atoms with Crippen molar-refractivity contribution in [2.24, 2.45) is 0 Å². The number of benzene rings is 2. The van der Waals surface area contributed by atoms with Gasteiger partial charge in [-0.1, -0.05) is 18.2 Å². The minimum absolute atomic E-state index is 0.271. The van der Waals surface area contributed by atoms with Crippen molar-refractivity contribution in [3.05, 3.63) is 54.1 Å². The summed E-state index contributed by atoms with van der Waals surface area (Å²) < 4.78 is 10.8. The Labute approximate surface area is 104 Å². The molecule has 2 N–H and O–H groups in total. The van der Waals surface area contributed by atoms with E-state index in [1.54, 1.807) is 6.07 Å². The van der Waals surface area contributed by atoms with Crippen molar-refractivity contribution in [2.45, 2.75) is 0 Å². The van der Waals surface area contributed by atoms with Crippen LogP contribution in [-0.4, -0.2) is 18.2 Å². The van der Waals surface area contributed by atoms with Crippen LogP contribution < -0.4 is 9.47 Å². The first-order valence-corrected chi connectivity index (χ1v) is 5.37. The second kappa shape index (κ2) is 5.23. The molecule has 4 nitrogen and oxygen atoms in total. The van der Waals surface area contributed by atoms with E-state index < -0.39 is 5.97 Å². The summed E-state index contributed by atoms with van der Waals surface area (Å²) in [5.74, 6) is 0.867. The lowest BCUT2D eigenvalue weighted by atomic mass is 10.2. The van der Waals surface area contributed by atoms with Crippen molar-refractivity contribution in [1.82, 2.24) is 0 Å². The Bertz CT molecular complexity index is 549. The van der Waals surface area contributed by atoms with Crippen molar-refractivity contribution in [3.63, 3.8) is 0 Å². The number of hydrogen-bond donors (Lipinski definition) is 0. The van der Waals surface area contributed by atoms with Crippen LogP contribution in [0.15, 0.2) is 48.5 Å². The summed E-state index contributed by atoms with van der Waals surface area (Å²) in [5.41, 5.74) is 0.271. The number of methoxy groups -OCH3 is 1. The van der Waals surface area contributed by atoms with Gasteiger partial charge in [-0.3, -0.25) is 0 Å². The van der Waals surface area contributed by atoms with E-state index >= 15 is 0 Å². The van der Waals surface area contributed by atoms with Gasteiger partial charge >= 0.3 is 5.97 Å². The van der Waals surface area contributed by atoms with Crippen LogP contribution in [-0.2, 0) is 0 Å². The first-order valence-electron chi connectivity index (χ1n) is 5.37. The summed E-state index contributed by atoms with van der Waals surface area (Å²) in [6.07, 6.45) is 0. The summed E-state index contributed by atoms with van der Waals surface area (Å²) in [6.45, 7) is 0. The smallest absolute Gasteiger partial charge is 0.549 e. The zero-order valence-corrected chi connectivity index (χ0v) is 9.84. The minimum Gasteiger partial charge on any atom is -0.561 e. The first-order chi connectivity index (χ1) is 8.70. The minimum atomic E-state index is -0.750. The van der Waals surface area contributed by atoms with Crippen molar-refractivity contribution in [3.8, 4) is 17.2 Å². The summed E-state index contributed by atoms with van der Waals surface area (Å²) in [6, 6.07) is 13.9. The Balaban J connectivity index is 2.31. The molecule has 0 bridgehead atoms. The topological polar surface area (TPSA) is 58.4 Å². The molecule has 0 saturated heterocycles. The Morgan fingerprint density at radius 2 is 1.78 bits per heavy atom. The van der Waals surface area contributed by atoms with E-state index in [2.05, 4.69) is 0 Å². The number of rotatable bonds is 4. The maximum absolute atomic E-state index is 11.0. The van der Waals surface area contributed by atoms with Gasteiger partial charge in [0, 0.05) is 10.9 Å². The van der Waals surface area contributed by atoms with Gasteiger partial charge in [0.2, 0.25) is 0 Å². The van der Waals surface area contributed by atoms with E-state index in [9.17, 15) is 4.79 Å². The fourth-order valence-electron chi connectivity index (χ4n) is 1.51. The Hall–Kier alpha value is -2.49. The lowest BCUT2D eigenvalue weighted by molar-refractivity contribution is 0.0696. The number of carbonyl (C=O) groups excluding carboxylic acids is 1. The van der Waals surface area contributed by atoms with Crippen LogP contribution in [0.4, 0.5) is 0 Å². The molecule has 2 aromatic rings. The monoisotopic (exact) mass is 245 g/mol. The van der Waals surface area contributed by atoms with Crippen molar-refractivity contribution in [1.29, 1.82) is 0 Å². The third kappa shape index (κ3) is 2.60. The SMILES string of the molecule is COc1cc(C(=O)[OH2+])ccc1Oc1ccccc1. The van der Waals surface area contributed by atoms with E-state index in [4.69, 9.17) is 14.6 Å². The lowest BCUT2D eigenvalue weighted by Crippen LogP contribution is -1.98. The molecule has 2 rings (SSSR count). The molecule has 92 valence electrons. The van der Waals surface area contributed by atoms with E-state index in [1.165, 1.54) is 19.2 Å². The molecule has 0 aliphatic heterocycles. The molecule has 0 aromatic heterocycles. The molecule has 4 heteroatoms. The predicted molar refractivity (Wildman–Crippen MR) is 67.5 cm³/mol. The van der Waals surface area contributed by atoms with Crippen LogP contribution in [0.5, 0.6) is 17.2 Å². The Morgan fingerprint density at radius 1 is 1.06 bits per heavy atom. The fourth-order valence-corrected chi connectivity index (χ4v) is 1.51. The fraction of sp³-hybridized carbons (Fsp3) is 0.0714. The molecule has 18 heavy (non-hydrogen) atoms. The Kier molecular flexibility index (Phi) is 3.48. The first kappa shape index (κ1) is 12.0. The molecule has 2 aromatic carbocycles. The molecule has 0 saturated carbocycles. The maximum atomic E-state index is 11.0. The number of ether oxygens (including phenoxy) is 2. The maximum Gasteiger partial charge on any atom is 0.549 e. The number of hydrogen-bond acceptors (Lipinski definition) is 3. The lowest BCUT2D eigenvalue weighted by Gasteiger charge is -2.10. The van der Waals surface area contributed by atoms with Crippen LogP contribution in [0.1, 0.15) is 10.4 Å². The molecular formula is C14H13O4+. The van der Waals surface area contributed by atoms with E-state index in [0.29, 0.717) is 17.2 Å². The van der Waals surface area contributed by atoms with Crippen molar-refractivity contribution < 1.29 is 19.4 Å². The molecule has 0 heterocycles. The number of carbonyl (C=O) groups is 1. The van der Waals surface area contributed by atoms with E-state index in [1.807, 2.05) is 30.3 Å². The molecule has 0 spiro atoms. The molecular weight excluding hydrogens is 232 g/mol. The highest BCUT2D eigenvalue weighted by Crippen LogP contribution is 2.32. The largest absolute Gasteiger partial charge is 0.561 e. The van der Waals surface area contributed by atoms with Crippen LogP contribution in [0.2, 0.25) is 0 Å². The number of para-hydroxylation sites is 1. The molecule has 0 fully saturated rings. The zero-order valence-electron chi connectivity index (χ0n) is 9.84. The highest BCUT2D eigenvalue weighted by Gasteiger charge is 2.15. The molecule has 0 aliphatic rings. The molecule has 0 atom stereocenters. The quantitative estimate of drug-likeness (QED) is 0.777. The zero-order chi connectivity index (χ0) is 13.0. The average Bonchev–Trinajstić information content (AvgIpc) is 2.40. The second-order valence-electron chi connectivity index (χ2n) is 3.61. The van der Waals surface area contributed by atoms with Crippen molar-refractivity contribution in [2.75, 3.05) is 7.11 Å². The normalized spacial score (nSPS) is 9.83. The van der Waals surface area contributed by atoms with Gasteiger partial charge in [0.25, 0.3) is 0 Å². The molecule has 0 amide bonds. The summed E-state index contributed by atoms with van der Waals surface area (Å²) in [5, 5.41) is 7.05. The van der Waals surface area contributed by atoms with Crippen LogP contribution >= 0.6 is 0 Å². The van der Waals surface area contributed by atoms with Gasteiger partial charge in [0.1, 0.15) is 11.3 Å². The third-order valence-electron chi connectivity index (χ3n) is 2.40. The standard InChI is InChI=1S/C14H12O4/c1-17-13-9-10(14(15)16)7-8-12(13)18-11-5-3-2-4-6-11/h2-9H,1H3,(H,15,16)/p+1. The summed E-state index contributed by atoms with van der Waals surface area (Å²) >= 11 is 0. The van der Waals surface area contributed by atoms with Gasteiger partial charge in [-0.25, -0.2) is 0 Å². The van der Waals surface area contributed by atoms with Gasteiger partial charge < -0.3 is 14.6 Å². The van der Waals surface area contributed by atoms with Crippen LogP contribution in [0.25, 0.3) is 0 Å². The van der Waals surface area contributed by atoms with Crippen molar-refractivity contribution >= 4 is 5.97 Å². The molecule has 0 aliphatic carbocycles.